The molecule has 0 radical (unpaired) electrons. The zero-order valence-corrected chi connectivity index (χ0v) is 12.6. The van der Waals surface area contributed by atoms with Gasteiger partial charge in [0.25, 0.3) is 0 Å². The molecule has 5 heteroatoms. The SMILES string of the molecule is Cc1cc(Br)c(CO)cc1NC(=O)OC(C)(C)C. The van der Waals surface area contributed by atoms with Crippen LogP contribution in [0.2, 0.25) is 0 Å². The van der Waals surface area contributed by atoms with Gasteiger partial charge in [0, 0.05) is 10.2 Å². The van der Waals surface area contributed by atoms with Crippen LogP contribution in [-0.2, 0) is 11.3 Å². The van der Waals surface area contributed by atoms with Gasteiger partial charge in [-0.25, -0.2) is 4.79 Å². The molecule has 1 aromatic rings. The Kier molecular flexibility index (Phi) is 4.76. The highest BCUT2D eigenvalue weighted by molar-refractivity contribution is 9.10. The van der Waals surface area contributed by atoms with Gasteiger partial charge >= 0.3 is 6.09 Å². The van der Waals surface area contributed by atoms with Crippen LogP contribution in [0.1, 0.15) is 31.9 Å². The number of aryl methyl sites for hydroxylation is 1. The quantitative estimate of drug-likeness (QED) is 0.876. The van der Waals surface area contributed by atoms with Gasteiger partial charge in [0.15, 0.2) is 0 Å². The fraction of sp³-hybridized carbons (Fsp3) is 0.462. The fourth-order valence-electron chi connectivity index (χ4n) is 1.39. The van der Waals surface area contributed by atoms with Crippen LogP contribution in [0.3, 0.4) is 0 Å². The van der Waals surface area contributed by atoms with Gasteiger partial charge < -0.3 is 9.84 Å². The van der Waals surface area contributed by atoms with Gasteiger partial charge in [-0.3, -0.25) is 5.32 Å². The number of aliphatic hydroxyl groups excluding tert-OH is 1. The maximum atomic E-state index is 11.7. The van der Waals surface area contributed by atoms with Crippen molar-refractivity contribution in [2.75, 3.05) is 5.32 Å². The summed E-state index contributed by atoms with van der Waals surface area (Å²) in [5.41, 5.74) is 1.71. The fourth-order valence-corrected chi connectivity index (χ4v) is 1.97. The molecular formula is C13H18BrNO3. The molecule has 0 aliphatic rings. The Hall–Kier alpha value is -1.07. The van der Waals surface area contributed by atoms with Gasteiger partial charge in [0.1, 0.15) is 5.60 Å². The summed E-state index contributed by atoms with van der Waals surface area (Å²) >= 11 is 3.35. The third-order valence-electron chi connectivity index (χ3n) is 2.20. The standard InChI is InChI=1S/C13H18BrNO3/c1-8-5-10(14)9(7-16)6-11(8)15-12(17)18-13(2,3)4/h5-6,16H,7H2,1-4H3,(H,15,17). The summed E-state index contributed by atoms with van der Waals surface area (Å²) in [5.74, 6) is 0. The van der Waals surface area contributed by atoms with Crippen molar-refractivity contribution in [3.63, 3.8) is 0 Å². The van der Waals surface area contributed by atoms with Gasteiger partial charge in [-0.05, 0) is 51.0 Å². The first kappa shape index (κ1) is 15.0. The first-order valence-corrected chi connectivity index (χ1v) is 6.42. The molecular weight excluding hydrogens is 298 g/mol. The van der Waals surface area contributed by atoms with Gasteiger partial charge in [0.2, 0.25) is 0 Å². The van der Waals surface area contributed by atoms with Gasteiger partial charge in [-0.2, -0.15) is 0 Å². The van der Waals surface area contributed by atoms with Crippen molar-refractivity contribution in [2.24, 2.45) is 0 Å². The van der Waals surface area contributed by atoms with Crippen LogP contribution in [0, 0.1) is 6.92 Å². The molecule has 1 amide bonds. The number of benzene rings is 1. The maximum Gasteiger partial charge on any atom is 0.412 e. The summed E-state index contributed by atoms with van der Waals surface area (Å²) in [7, 11) is 0. The molecule has 100 valence electrons. The van der Waals surface area contributed by atoms with Crippen LogP contribution in [0.5, 0.6) is 0 Å². The molecule has 0 heterocycles. The van der Waals surface area contributed by atoms with E-state index in [4.69, 9.17) is 4.74 Å². The number of ether oxygens (including phenoxy) is 1. The van der Waals surface area contributed by atoms with Crippen molar-refractivity contribution in [3.8, 4) is 0 Å². The van der Waals surface area contributed by atoms with Crippen molar-refractivity contribution in [2.45, 2.75) is 39.9 Å². The normalized spacial score (nSPS) is 11.2. The van der Waals surface area contributed by atoms with E-state index in [0.717, 1.165) is 10.0 Å². The Morgan fingerprint density at radius 3 is 2.56 bits per heavy atom. The van der Waals surface area contributed by atoms with Crippen molar-refractivity contribution < 1.29 is 14.6 Å². The van der Waals surface area contributed by atoms with Crippen LogP contribution in [0.15, 0.2) is 16.6 Å². The summed E-state index contributed by atoms with van der Waals surface area (Å²) in [5, 5.41) is 11.9. The number of carbonyl (C=O) groups is 1. The Balaban J connectivity index is 2.88. The number of anilines is 1. The second kappa shape index (κ2) is 5.71. The number of aliphatic hydroxyl groups is 1. The van der Waals surface area contributed by atoms with Crippen LogP contribution >= 0.6 is 15.9 Å². The smallest absolute Gasteiger partial charge is 0.412 e. The molecule has 0 saturated heterocycles. The average molecular weight is 316 g/mol. The lowest BCUT2D eigenvalue weighted by Gasteiger charge is -2.20. The lowest BCUT2D eigenvalue weighted by atomic mass is 10.1. The van der Waals surface area contributed by atoms with E-state index in [1.165, 1.54) is 0 Å². The number of hydrogen-bond donors (Lipinski definition) is 2. The molecule has 0 saturated carbocycles. The number of rotatable bonds is 2. The first-order valence-electron chi connectivity index (χ1n) is 5.63. The minimum atomic E-state index is -0.535. The van der Waals surface area contributed by atoms with Crippen molar-refractivity contribution in [3.05, 3.63) is 27.7 Å². The molecule has 0 aliphatic heterocycles. The Bertz CT molecular complexity index is 452. The summed E-state index contributed by atoms with van der Waals surface area (Å²) in [6, 6.07) is 3.57. The predicted molar refractivity (Wildman–Crippen MR) is 74.7 cm³/mol. The van der Waals surface area contributed by atoms with Crippen molar-refractivity contribution >= 4 is 27.7 Å². The zero-order valence-electron chi connectivity index (χ0n) is 11.0. The molecule has 2 N–H and O–H groups in total. The van der Waals surface area contributed by atoms with Crippen LogP contribution in [-0.4, -0.2) is 16.8 Å². The van der Waals surface area contributed by atoms with Crippen molar-refractivity contribution in [1.82, 2.24) is 0 Å². The second-order valence-electron chi connectivity index (χ2n) is 5.04. The maximum absolute atomic E-state index is 11.7. The van der Waals surface area contributed by atoms with Crippen LogP contribution < -0.4 is 5.32 Å². The van der Waals surface area contributed by atoms with E-state index in [0.29, 0.717) is 11.3 Å². The molecule has 0 atom stereocenters. The van der Waals surface area contributed by atoms with E-state index in [9.17, 15) is 9.90 Å². The van der Waals surface area contributed by atoms with E-state index in [1.807, 2.05) is 13.0 Å². The number of halogens is 1. The molecule has 1 aromatic carbocycles. The Morgan fingerprint density at radius 2 is 2.06 bits per heavy atom. The summed E-state index contributed by atoms with van der Waals surface area (Å²) in [6.45, 7) is 7.20. The number of hydrogen-bond acceptors (Lipinski definition) is 3. The molecule has 0 bridgehead atoms. The highest BCUT2D eigenvalue weighted by Gasteiger charge is 2.17. The first-order chi connectivity index (χ1) is 8.23. The largest absolute Gasteiger partial charge is 0.444 e. The van der Waals surface area contributed by atoms with Crippen LogP contribution in [0.25, 0.3) is 0 Å². The molecule has 0 aromatic heterocycles. The lowest BCUT2D eigenvalue weighted by molar-refractivity contribution is 0.0636. The second-order valence-corrected chi connectivity index (χ2v) is 5.90. The topological polar surface area (TPSA) is 58.6 Å². The molecule has 0 fully saturated rings. The number of carbonyl (C=O) groups excluding carboxylic acids is 1. The van der Waals surface area contributed by atoms with E-state index >= 15 is 0 Å². The van der Waals surface area contributed by atoms with Gasteiger partial charge in [-0.15, -0.1) is 0 Å². The summed E-state index contributed by atoms with van der Waals surface area (Å²) in [6.07, 6.45) is -0.503. The van der Waals surface area contributed by atoms with Crippen molar-refractivity contribution in [1.29, 1.82) is 0 Å². The minimum Gasteiger partial charge on any atom is -0.444 e. The van der Waals surface area contributed by atoms with Gasteiger partial charge in [-0.1, -0.05) is 15.9 Å². The lowest BCUT2D eigenvalue weighted by Crippen LogP contribution is -2.27. The van der Waals surface area contributed by atoms with Gasteiger partial charge in [0.05, 0.1) is 6.61 Å². The molecule has 0 aliphatic carbocycles. The Labute approximate surface area is 115 Å². The number of amides is 1. The van der Waals surface area contributed by atoms with E-state index in [1.54, 1.807) is 26.8 Å². The van der Waals surface area contributed by atoms with E-state index in [-0.39, 0.29) is 6.61 Å². The average Bonchev–Trinajstić information content (AvgIpc) is 2.19. The Morgan fingerprint density at radius 1 is 1.44 bits per heavy atom. The molecule has 1 rings (SSSR count). The van der Waals surface area contributed by atoms with Crippen LogP contribution in [0.4, 0.5) is 10.5 Å². The van der Waals surface area contributed by atoms with E-state index < -0.39 is 11.7 Å². The zero-order chi connectivity index (χ0) is 13.9. The highest BCUT2D eigenvalue weighted by Crippen LogP contribution is 2.25. The number of nitrogens with one attached hydrogen (secondary N) is 1. The molecule has 0 spiro atoms. The minimum absolute atomic E-state index is 0.0934. The highest BCUT2D eigenvalue weighted by atomic mass is 79.9. The predicted octanol–water partition coefficient (Wildman–Crippen LogP) is 3.60. The monoisotopic (exact) mass is 315 g/mol. The molecule has 4 nitrogen and oxygen atoms in total. The third-order valence-corrected chi connectivity index (χ3v) is 2.94. The summed E-state index contributed by atoms with van der Waals surface area (Å²) in [4.78, 5) is 11.7. The summed E-state index contributed by atoms with van der Waals surface area (Å²) < 4.78 is 5.99. The molecule has 18 heavy (non-hydrogen) atoms. The van der Waals surface area contributed by atoms with E-state index in [2.05, 4.69) is 21.2 Å². The molecule has 0 unspecified atom stereocenters. The third kappa shape index (κ3) is 4.31.